The zero-order valence-corrected chi connectivity index (χ0v) is 10.9. The van der Waals surface area contributed by atoms with Crippen molar-refractivity contribution in [2.45, 2.75) is 20.3 Å². The first kappa shape index (κ1) is 12.9. The van der Waals surface area contributed by atoms with Crippen LogP contribution in [0.25, 0.3) is 0 Å². The van der Waals surface area contributed by atoms with E-state index in [2.05, 4.69) is 13.8 Å². The molecule has 0 bridgehead atoms. The molecule has 0 spiro atoms. The molecule has 18 heavy (non-hydrogen) atoms. The molecule has 1 saturated carbocycles. The molecule has 0 saturated heterocycles. The van der Waals surface area contributed by atoms with Gasteiger partial charge in [-0.25, -0.2) is 0 Å². The molecular weight excluding hydrogens is 228 g/mol. The molecular formula is C14H20N2O2. The van der Waals surface area contributed by atoms with Crippen LogP contribution in [0.3, 0.4) is 0 Å². The molecule has 1 aromatic rings. The topological polar surface area (TPSA) is 66.6 Å². The highest BCUT2D eigenvalue weighted by molar-refractivity contribution is 5.99. The fourth-order valence-corrected chi connectivity index (χ4v) is 2.26. The van der Waals surface area contributed by atoms with E-state index in [-0.39, 0.29) is 23.8 Å². The summed E-state index contributed by atoms with van der Waals surface area (Å²) in [6.07, 6.45) is 0.903. The second-order valence-electron chi connectivity index (χ2n) is 5.52. The highest BCUT2D eigenvalue weighted by atomic mass is 16.3. The number of carbonyl (C=O) groups excluding carboxylic acids is 1. The minimum absolute atomic E-state index is 0.0451. The molecule has 1 aromatic carbocycles. The van der Waals surface area contributed by atoms with Crippen molar-refractivity contribution >= 4 is 17.3 Å². The van der Waals surface area contributed by atoms with Crippen LogP contribution in [-0.4, -0.2) is 24.2 Å². The van der Waals surface area contributed by atoms with Crippen LogP contribution in [-0.2, 0) is 4.79 Å². The minimum Gasteiger partial charge on any atom is -0.397 e. The van der Waals surface area contributed by atoms with Crippen LogP contribution < -0.4 is 10.6 Å². The van der Waals surface area contributed by atoms with E-state index in [1.165, 1.54) is 0 Å². The van der Waals surface area contributed by atoms with Gasteiger partial charge in [-0.1, -0.05) is 26.0 Å². The summed E-state index contributed by atoms with van der Waals surface area (Å²) in [4.78, 5) is 14.0. The molecule has 0 aliphatic heterocycles. The smallest absolute Gasteiger partial charge is 0.230 e. The number of nitrogens with zero attached hydrogens (tertiary/aromatic N) is 1. The Morgan fingerprint density at radius 3 is 2.61 bits per heavy atom. The zero-order valence-electron chi connectivity index (χ0n) is 10.9. The van der Waals surface area contributed by atoms with Crippen LogP contribution >= 0.6 is 0 Å². The highest BCUT2D eigenvalue weighted by Gasteiger charge is 2.52. The predicted molar refractivity (Wildman–Crippen MR) is 72.2 cm³/mol. The summed E-state index contributed by atoms with van der Waals surface area (Å²) in [5, 5.41) is 9.14. The summed E-state index contributed by atoms with van der Waals surface area (Å²) in [5.74, 6) is 0.107. The van der Waals surface area contributed by atoms with E-state index in [4.69, 9.17) is 10.8 Å². The summed E-state index contributed by atoms with van der Waals surface area (Å²) >= 11 is 0. The standard InChI is InChI=1S/C14H20N2O2/c1-14(2)9-10(14)13(18)16(7-8-17)12-6-4-3-5-11(12)15/h3-6,10,17H,7-9,15H2,1-2H3. The van der Waals surface area contributed by atoms with Gasteiger partial charge in [-0.2, -0.15) is 0 Å². The average molecular weight is 248 g/mol. The maximum absolute atomic E-state index is 12.4. The van der Waals surface area contributed by atoms with E-state index in [1.807, 2.05) is 18.2 Å². The van der Waals surface area contributed by atoms with Gasteiger partial charge in [-0.3, -0.25) is 4.79 Å². The van der Waals surface area contributed by atoms with Crippen molar-refractivity contribution < 1.29 is 9.90 Å². The number of hydrogen-bond acceptors (Lipinski definition) is 3. The lowest BCUT2D eigenvalue weighted by atomic mass is 10.1. The number of para-hydroxylation sites is 2. The molecule has 0 aromatic heterocycles. The summed E-state index contributed by atoms with van der Waals surface area (Å²) in [7, 11) is 0. The molecule has 1 aliphatic carbocycles. The molecule has 1 amide bonds. The molecule has 0 heterocycles. The van der Waals surface area contributed by atoms with Gasteiger partial charge in [0.15, 0.2) is 0 Å². The molecule has 98 valence electrons. The maximum atomic E-state index is 12.4. The van der Waals surface area contributed by atoms with Crippen molar-refractivity contribution in [3.63, 3.8) is 0 Å². The zero-order chi connectivity index (χ0) is 13.3. The van der Waals surface area contributed by atoms with Crippen LogP contribution in [0.15, 0.2) is 24.3 Å². The number of rotatable bonds is 4. The highest BCUT2D eigenvalue weighted by Crippen LogP contribution is 2.52. The largest absolute Gasteiger partial charge is 0.397 e. The van der Waals surface area contributed by atoms with Crippen molar-refractivity contribution in [3.05, 3.63) is 24.3 Å². The quantitative estimate of drug-likeness (QED) is 0.796. The van der Waals surface area contributed by atoms with Crippen LogP contribution in [0, 0.1) is 11.3 Å². The van der Waals surface area contributed by atoms with Gasteiger partial charge in [-0.15, -0.1) is 0 Å². The van der Waals surface area contributed by atoms with E-state index in [9.17, 15) is 4.79 Å². The lowest BCUT2D eigenvalue weighted by Crippen LogP contribution is -2.36. The van der Waals surface area contributed by atoms with Crippen LogP contribution in [0.5, 0.6) is 0 Å². The van der Waals surface area contributed by atoms with Crippen LogP contribution in [0.4, 0.5) is 11.4 Å². The molecule has 1 atom stereocenters. The fourth-order valence-electron chi connectivity index (χ4n) is 2.26. The van der Waals surface area contributed by atoms with E-state index < -0.39 is 0 Å². The van der Waals surface area contributed by atoms with Gasteiger partial charge >= 0.3 is 0 Å². The SMILES string of the molecule is CC1(C)CC1C(=O)N(CCO)c1ccccc1N. The number of carbonyl (C=O) groups is 1. The Labute approximate surface area is 107 Å². The molecule has 4 nitrogen and oxygen atoms in total. The number of nitrogens with two attached hydrogens (primary N) is 1. The van der Waals surface area contributed by atoms with Crippen LogP contribution in [0.2, 0.25) is 0 Å². The van der Waals surface area contributed by atoms with Gasteiger partial charge in [0.05, 0.1) is 18.0 Å². The number of aliphatic hydroxyl groups excluding tert-OH is 1. The van der Waals surface area contributed by atoms with Crippen molar-refractivity contribution in [1.82, 2.24) is 0 Å². The maximum Gasteiger partial charge on any atom is 0.230 e. The van der Waals surface area contributed by atoms with Gasteiger partial charge in [0.25, 0.3) is 0 Å². The molecule has 3 N–H and O–H groups in total. The van der Waals surface area contributed by atoms with Crippen molar-refractivity contribution in [1.29, 1.82) is 0 Å². The molecule has 1 aliphatic rings. The van der Waals surface area contributed by atoms with Gasteiger partial charge in [-0.05, 0) is 24.0 Å². The fraction of sp³-hybridized carbons (Fsp3) is 0.500. The number of hydrogen-bond donors (Lipinski definition) is 2. The molecule has 2 rings (SSSR count). The first-order valence-electron chi connectivity index (χ1n) is 6.24. The monoisotopic (exact) mass is 248 g/mol. The number of amides is 1. The third-order valence-electron chi connectivity index (χ3n) is 3.63. The van der Waals surface area contributed by atoms with Crippen molar-refractivity contribution in [3.8, 4) is 0 Å². The Morgan fingerprint density at radius 1 is 1.50 bits per heavy atom. The summed E-state index contributed by atoms with van der Waals surface area (Å²) in [6, 6.07) is 7.27. The number of benzene rings is 1. The summed E-state index contributed by atoms with van der Waals surface area (Å²) in [5.41, 5.74) is 7.24. The van der Waals surface area contributed by atoms with Gasteiger partial charge in [0.2, 0.25) is 5.91 Å². The summed E-state index contributed by atoms with van der Waals surface area (Å²) in [6.45, 7) is 4.40. The first-order chi connectivity index (χ1) is 8.47. The Balaban J connectivity index is 2.24. The summed E-state index contributed by atoms with van der Waals surface area (Å²) < 4.78 is 0. The van der Waals surface area contributed by atoms with E-state index in [0.29, 0.717) is 17.9 Å². The normalized spacial score (nSPS) is 20.5. The first-order valence-corrected chi connectivity index (χ1v) is 6.24. The predicted octanol–water partition coefficient (Wildman–Crippen LogP) is 1.64. The molecule has 1 fully saturated rings. The van der Waals surface area contributed by atoms with Gasteiger partial charge < -0.3 is 15.7 Å². The Bertz CT molecular complexity index is 457. The Kier molecular flexibility index (Phi) is 3.30. The third-order valence-corrected chi connectivity index (χ3v) is 3.63. The Hall–Kier alpha value is -1.55. The minimum atomic E-state index is -0.0623. The molecule has 4 heteroatoms. The Morgan fingerprint density at radius 2 is 2.11 bits per heavy atom. The average Bonchev–Trinajstić information content (AvgIpc) is 2.96. The van der Waals surface area contributed by atoms with Crippen molar-refractivity contribution in [2.24, 2.45) is 11.3 Å². The van der Waals surface area contributed by atoms with Crippen LogP contribution in [0.1, 0.15) is 20.3 Å². The van der Waals surface area contributed by atoms with E-state index in [1.54, 1.807) is 11.0 Å². The number of anilines is 2. The molecule has 0 radical (unpaired) electrons. The lowest BCUT2D eigenvalue weighted by Gasteiger charge is -2.24. The second-order valence-corrected chi connectivity index (χ2v) is 5.52. The van der Waals surface area contributed by atoms with Gasteiger partial charge in [0.1, 0.15) is 0 Å². The third kappa shape index (κ3) is 2.34. The second kappa shape index (κ2) is 4.61. The lowest BCUT2D eigenvalue weighted by molar-refractivity contribution is -0.120. The van der Waals surface area contributed by atoms with Gasteiger partial charge in [0, 0.05) is 12.5 Å². The number of aliphatic hydroxyl groups is 1. The van der Waals surface area contributed by atoms with E-state index in [0.717, 1.165) is 6.42 Å². The van der Waals surface area contributed by atoms with Crippen molar-refractivity contribution in [2.75, 3.05) is 23.8 Å². The molecule has 1 unspecified atom stereocenters. The van der Waals surface area contributed by atoms with E-state index >= 15 is 0 Å². The number of nitrogen functional groups attached to an aromatic ring is 1.